The van der Waals surface area contributed by atoms with Gasteiger partial charge in [-0.15, -0.1) is 0 Å². The van der Waals surface area contributed by atoms with Gasteiger partial charge in [-0.25, -0.2) is 0 Å². The van der Waals surface area contributed by atoms with Crippen LogP contribution in [0.5, 0.6) is 5.75 Å². The maximum atomic E-state index is 10.4. The number of hydrogen-bond acceptors (Lipinski definition) is 5. The van der Waals surface area contributed by atoms with E-state index in [1.165, 1.54) is 24.3 Å². The van der Waals surface area contributed by atoms with Gasteiger partial charge >= 0.3 is 51.4 Å². The Labute approximate surface area is 147 Å². The summed E-state index contributed by atoms with van der Waals surface area (Å²) in [4.78, 5) is 9.83. The number of nitro benzene ring substituents is 1. The quantitative estimate of drug-likeness (QED) is 0.271. The van der Waals surface area contributed by atoms with Crippen LogP contribution in [0.1, 0.15) is 6.42 Å². The first kappa shape index (κ1) is 18.0. The molecule has 0 amide bonds. The molecule has 0 atom stereocenters. The molecule has 0 aliphatic carbocycles. The van der Waals surface area contributed by atoms with Crippen LogP contribution < -0.4 is 4.74 Å². The molecule has 1 N–H and O–H groups in total. The first-order valence-electron chi connectivity index (χ1n) is 4.71. The molecule has 0 spiro atoms. The third-order valence-electron chi connectivity index (χ3n) is 1.86. The molecule has 9 heteroatoms. The molecule has 0 radical (unpaired) electrons. The van der Waals surface area contributed by atoms with Crippen LogP contribution in [-0.2, 0) is 10.1 Å². The van der Waals surface area contributed by atoms with E-state index < -0.39 is 15.0 Å². The van der Waals surface area contributed by atoms with Gasteiger partial charge in [-0.3, -0.25) is 14.7 Å². The predicted molar refractivity (Wildman–Crippen MR) is 66.8 cm³/mol. The predicted octanol–water partition coefficient (Wildman–Crippen LogP) is 0.603. The Hall–Kier alpha value is -0.0336. The molecule has 0 saturated carbocycles. The average molecular weight is 301 g/mol. The first-order valence-corrected chi connectivity index (χ1v) is 6.32. The standard InChI is InChI=1S/C9H11NO6S.K.H/c11-10(12)8-2-4-9(5-3-8)16-6-1-7-17(13,14)15;;/h2-5H,1,6-7H2,(H,13,14,15);;. The summed E-state index contributed by atoms with van der Waals surface area (Å²) in [5.74, 6) is 0.0333. The van der Waals surface area contributed by atoms with E-state index in [1.807, 2.05) is 0 Å². The molecule has 0 fully saturated rings. The van der Waals surface area contributed by atoms with Crippen molar-refractivity contribution in [2.45, 2.75) is 6.42 Å². The van der Waals surface area contributed by atoms with Gasteiger partial charge in [-0.05, 0) is 18.6 Å². The fraction of sp³-hybridized carbons (Fsp3) is 0.333. The van der Waals surface area contributed by atoms with E-state index in [4.69, 9.17) is 9.29 Å². The summed E-state index contributed by atoms with van der Waals surface area (Å²) in [7, 11) is -3.97. The van der Waals surface area contributed by atoms with E-state index in [0.29, 0.717) is 5.75 Å². The van der Waals surface area contributed by atoms with Crippen molar-refractivity contribution >= 4 is 67.2 Å². The molecule has 0 aromatic heterocycles. The third kappa shape index (κ3) is 7.41. The van der Waals surface area contributed by atoms with Gasteiger partial charge in [-0.1, -0.05) is 0 Å². The molecule has 1 aromatic carbocycles. The number of ether oxygens (including phenoxy) is 1. The van der Waals surface area contributed by atoms with Crippen LogP contribution in [-0.4, -0.2) is 81.6 Å². The normalized spacial score (nSPS) is 10.5. The van der Waals surface area contributed by atoms with Gasteiger partial charge in [0, 0.05) is 12.1 Å². The SMILES string of the molecule is O=[N+]([O-])c1ccc(OCCCS(=O)(=O)O)cc1.[KH]. The molecular weight excluding hydrogens is 289 g/mol. The van der Waals surface area contributed by atoms with Crippen LogP contribution in [0.3, 0.4) is 0 Å². The van der Waals surface area contributed by atoms with E-state index in [9.17, 15) is 18.5 Å². The minimum atomic E-state index is -3.97. The van der Waals surface area contributed by atoms with Gasteiger partial charge in [0.05, 0.1) is 17.3 Å². The summed E-state index contributed by atoms with van der Waals surface area (Å²) in [6.45, 7) is 0.109. The zero-order chi connectivity index (χ0) is 12.9. The van der Waals surface area contributed by atoms with Gasteiger partial charge in [0.1, 0.15) is 5.75 Å². The third-order valence-corrected chi connectivity index (χ3v) is 2.67. The van der Waals surface area contributed by atoms with Crippen molar-refractivity contribution in [3.05, 3.63) is 34.4 Å². The average Bonchev–Trinajstić information content (AvgIpc) is 2.24. The Bertz CT molecular complexity index is 486. The Balaban J connectivity index is 0.00000289. The zero-order valence-electron chi connectivity index (χ0n) is 8.77. The van der Waals surface area contributed by atoms with Crippen LogP contribution in [0.15, 0.2) is 24.3 Å². The van der Waals surface area contributed by atoms with Crippen LogP contribution in [0, 0.1) is 10.1 Å². The number of benzene rings is 1. The van der Waals surface area contributed by atoms with E-state index in [0.717, 1.165) is 0 Å². The summed E-state index contributed by atoms with van der Waals surface area (Å²) < 4.78 is 34.4. The summed E-state index contributed by atoms with van der Waals surface area (Å²) in [5, 5.41) is 10.4. The molecule has 18 heavy (non-hydrogen) atoms. The van der Waals surface area contributed by atoms with Crippen LogP contribution in [0.4, 0.5) is 5.69 Å². The van der Waals surface area contributed by atoms with Gasteiger partial charge in [0.15, 0.2) is 0 Å². The topological polar surface area (TPSA) is 107 Å². The summed E-state index contributed by atoms with van der Waals surface area (Å²) >= 11 is 0. The Morgan fingerprint density at radius 2 is 1.83 bits per heavy atom. The Kier molecular flexibility index (Phi) is 8.18. The zero-order valence-corrected chi connectivity index (χ0v) is 9.59. The molecule has 0 aliphatic rings. The van der Waals surface area contributed by atoms with Gasteiger partial charge < -0.3 is 4.74 Å². The van der Waals surface area contributed by atoms with Gasteiger partial charge in [-0.2, -0.15) is 8.42 Å². The second-order valence-electron chi connectivity index (χ2n) is 3.24. The maximum absolute atomic E-state index is 10.4. The second kappa shape index (κ2) is 8.20. The minimum absolute atomic E-state index is 0. The van der Waals surface area contributed by atoms with Crippen LogP contribution in [0.25, 0.3) is 0 Å². The number of non-ortho nitro benzene ring substituents is 1. The van der Waals surface area contributed by atoms with Gasteiger partial charge in [0.25, 0.3) is 15.8 Å². The fourth-order valence-corrected chi connectivity index (χ4v) is 1.58. The molecule has 0 saturated heterocycles. The molecule has 0 unspecified atom stereocenters. The Morgan fingerprint density at radius 1 is 1.28 bits per heavy atom. The Morgan fingerprint density at radius 3 is 2.28 bits per heavy atom. The number of nitrogens with zero attached hydrogens (tertiary/aromatic N) is 1. The van der Waals surface area contributed by atoms with Crippen molar-refractivity contribution in [1.29, 1.82) is 0 Å². The van der Waals surface area contributed by atoms with E-state index in [-0.39, 0.29) is 75.9 Å². The second-order valence-corrected chi connectivity index (χ2v) is 4.81. The van der Waals surface area contributed by atoms with Gasteiger partial charge in [0.2, 0.25) is 0 Å². The fourth-order valence-electron chi connectivity index (χ4n) is 1.10. The molecule has 1 rings (SSSR count). The van der Waals surface area contributed by atoms with Crippen molar-refractivity contribution in [3.63, 3.8) is 0 Å². The molecule has 1 aromatic rings. The van der Waals surface area contributed by atoms with Crippen molar-refractivity contribution in [2.75, 3.05) is 12.4 Å². The van der Waals surface area contributed by atoms with Crippen molar-refractivity contribution in [2.24, 2.45) is 0 Å². The van der Waals surface area contributed by atoms with Crippen molar-refractivity contribution in [3.8, 4) is 5.75 Å². The van der Waals surface area contributed by atoms with E-state index in [2.05, 4.69) is 0 Å². The molecule has 0 bridgehead atoms. The molecule has 7 nitrogen and oxygen atoms in total. The number of nitro groups is 1. The van der Waals surface area contributed by atoms with E-state index >= 15 is 0 Å². The molecule has 0 heterocycles. The van der Waals surface area contributed by atoms with E-state index in [1.54, 1.807) is 0 Å². The number of hydrogen-bond donors (Lipinski definition) is 1. The monoisotopic (exact) mass is 301 g/mol. The first-order chi connectivity index (χ1) is 7.88. The molecular formula is C9H12KNO6S. The summed E-state index contributed by atoms with van der Waals surface area (Å²) in [6, 6.07) is 5.42. The summed E-state index contributed by atoms with van der Waals surface area (Å²) in [6.07, 6.45) is 0.149. The molecule has 96 valence electrons. The van der Waals surface area contributed by atoms with Crippen LogP contribution >= 0.6 is 0 Å². The molecule has 0 aliphatic heterocycles. The van der Waals surface area contributed by atoms with Crippen molar-refractivity contribution < 1.29 is 22.6 Å². The summed E-state index contributed by atoms with van der Waals surface area (Å²) in [5.41, 5.74) is -0.0460. The van der Waals surface area contributed by atoms with Crippen LogP contribution in [0.2, 0.25) is 0 Å². The van der Waals surface area contributed by atoms with Crippen molar-refractivity contribution in [1.82, 2.24) is 0 Å². The number of rotatable bonds is 6.